The van der Waals surface area contributed by atoms with Crippen molar-refractivity contribution in [3.63, 3.8) is 0 Å². The SMILES string of the molecule is COc1ccc(CCl)c(O[Si](C)(C)C(C)(C)C)c1. The lowest BCUT2D eigenvalue weighted by Gasteiger charge is -2.37. The summed E-state index contributed by atoms with van der Waals surface area (Å²) in [6.45, 7) is 11.1. The first-order valence-electron chi connectivity index (χ1n) is 6.13. The van der Waals surface area contributed by atoms with Gasteiger partial charge in [0.2, 0.25) is 8.32 Å². The quantitative estimate of drug-likeness (QED) is 0.584. The molecule has 0 heterocycles. The fourth-order valence-corrected chi connectivity index (χ4v) is 2.56. The van der Waals surface area contributed by atoms with Crippen LogP contribution >= 0.6 is 11.6 Å². The first kappa shape index (κ1) is 15.4. The number of hydrogen-bond donors (Lipinski definition) is 0. The maximum Gasteiger partial charge on any atom is 0.250 e. The zero-order valence-corrected chi connectivity index (χ0v) is 13.9. The van der Waals surface area contributed by atoms with Crippen molar-refractivity contribution in [2.75, 3.05) is 7.11 Å². The van der Waals surface area contributed by atoms with E-state index >= 15 is 0 Å². The van der Waals surface area contributed by atoms with E-state index in [2.05, 4.69) is 33.9 Å². The average molecular weight is 287 g/mol. The van der Waals surface area contributed by atoms with Crippen LogP contribution in [0.1, 0.15) is 26.3 Å². The molecule has 1 aromatic carbocycles. The molecule has 0 bridgehead atoms. The van der Waals surface area contributed by atoms with Crippen molar-refractivity contribution in [3.8, 4) is 11.5 Å². The fraction of sp³-hybridized carbons (Fsp3) is 0.571. The van der Waals surface area contributed by atoms with Crippen LogP contribution in [0.15, 0.2) is 18.2 Å². The van der Waals surface area contributed by atoms with E-state index in [0.29, 0.717) is 5.88 Å². The highest BCUT2D eigenvalue weighted by Gasteiger charge is 2.39. The van der Waals surface area contributed by atoms with Gasteiger partial charge < -0.3 is 9.16 Å². The number of alkyl halides is 1. The van der Waals surface area contributed by atoms with E-state index in [4.69, 9.17) is 20.8 Å². The zero-order valence-electron chi connectivity index (χ0n) is 12.1. The molecule has 0 atom stereocenters. The molecule has 0 N–H and O–H groups in total. The molecular formula is C14H23ClO2Si. The topological polar surface area (TPSA) is 18.5 Å². The molecule has 0 saturated carbocycles. The molecule has 0 aliphatic rings. The molecule has 0 unspecified atom stereocenters. The van der Waals surface area contributed by atoms with E-state index in [9.17, 15) is 0 Å². The summed E-state index contributed by atoms with van der Waals surface area (Å²) in [6.07, 6.45) is 0. The fourth-order valence-electron chi connectivity index (χ4n) is 1.30. The van der Waals surface area contributed by atoms with Gasteiger partial charge >= 0.3 is 0 Å². The Morgan fingerprint density at radius 2 is 1.83 bits per heavy atom. The van der Waals surface area contributed by atoms with Crippen LogP contribution in [-0.4, -0.2) is 15.4 Å². The van der Waals surface area contributed by atoms with Gasteiger partial charge in [-0.2, -0.15) is 0 Å². The molecule has 0 aromatic heterocycles. The van der Waals surface area contributed by atoms with Crippen LogP contribution in [0.2, 0.25) is 18.1 Å². The highest BCUT2D eigenvalue weighted by Crippen LogP contribution is 2.39. The number of halogens is 1. The van der Waals surface area contributed by atoms with Crippen LogP contribution in [0, 0.1) is 0 Å². The number of benzene rings is 1. The molecule has 0 radical (unpaired) electrons. The van der Waals surface area contributed by atoms with E-state index in [1.165, 1.54) is 0 Å². The van der Waals surface area contributed by atoms with Crippen molar-refractivity contribution in [3.05, 3.63) is 23.8 Å². The molecule has 0 saturated heterocycles. The molecular weight excluding hydrogens is 264 g/mol. The third kappa shape index (κ3) is 3.42. The molecule has 1 rings (SSSR count). The predicted octanol–water partition coefficient (Wildman–Crippen LogP) is 4.82. The van der Waals surface area contributed by atoms with E-state index in [0.717, 1.165) is 17.1 Å². The van der Waals surface area contributed by atoms with Gasteiger partial charge in [0.1, 0.15) is 11.5 Å². The molecule has 0 amide bonds. The molecule has 0 aliphatic carbocycles. The summed E-state index contributed by atoms with van der Waals surface area (Å²) in [5.41, 5.74) is 1.02. The summed E-state index contributed by atoms with van der Waals surface area (Å²) in [5.74, 6) is 2.11. The second-order valence-corrected chi connectivity index (χ2v) is 11.0. The normalized spacial score (nSPS) is 12.4. The Morgan fingerprint density at radius 1 is 1.22 bits per heavy atom. The Morgan fingerprint density at radius 3 is 2.28 bits per heavy atom. The van der Waals surface area contributed by atoms with Crippen molar-refractivity contribution < 1.29 is 9.16 Å². The van der Waals surface area contributed by atoms with Gasteiger partial charge in [-0.1, -0.05) is 26.8 Å². The first-order chi connectivity index (χ1) is 8.21. The summed E-state index contributed by atoms with van der Waals surface area (Å²) < 4.78 is 11.6. The molecule has 18 heavy (non-hydrogen) atoms. The lowest BCUT2D eigenvalue weighted by Crippen LogP contribution is -2.44. The smallest absolute Gasteiger partial charge is 0.250 e. The second kappa shape index (κ2) is 5.53. The number of methoxy groups -OCH3 is 1. The monoisotopic (exact) mass is 286 g/mol. The van der Waals surface area contributed by atoms with Gasteiger partial charge in [-0.05, 0) is 24.2 Å². The summed E-state index contributed by atoms with van der Waals surface area (Å²) >= 11 is 5.97. The maximum atomic E-state index is 6.31. The third-order valence-corrected chi connectivity index (χ3v) is 8.22. The number of rotatable bonds is 4. The summed E-state index contributed by atoms with van der Waals surface area (Å²) in [6, 6.07) is 5.81. The van der Waals surface area contributed by atoms with Gasteiger partial charge in [0, 0.05) is 11.6 Å². The molecule has 0 aliphatic heterocycles. The second-order valence-electron chi connectivity index (χ2n) is 5.97. The van der Waals surface area contributed by atoms with Gasteiger partial charge in [-0.3, -0.25) is 0 Å². The minimum Gasteiger partial charge on any atom is -0.543 e. The van der Waals surface area contributed by atoms with E-state index in [-0.39, 0.29) is 5.04 Å². The molecule has 1 aromatic rings. The Kier molecular flexibility index (Phi) is 4.73. The van der Waals surface area contributed by atoms with Gasteiger partial charge in [-0.15, -0.1) is 11.6 Å². The first-order valence-corrected chi connectivity index (χ1v) is 9.57. The summed E-state index contributed by atoms with van der Waals surface area (Å²) in [4.78, 5) is 0. The van der Waals surface area contributed by atoms with Gasteiger partial charge in [-0.25, -0.2) is 0 Å². The Balaban J connectivity index is 3.09. The van der Waals surface area contributed by atoms with Crippen molar-refractivity contribution in [2.24, 2.45) is 0 Å². The van der Waals surface area contributed by atoms with E-state index < -0.39 is 8.32 Å². The minimum atomic E-state index is -1.84. The minimum absolute atomic E-state index is 0.166. The van der Waals surface area contributed by atoms with Crippen LogP contribution in [0.3, 0.4) is 0 Å². The lowest BCUT2D eigenvalue weighted by atomic mass is 10.2. The zero-order chi connectivity index (χ0) is 14.0. The molecule has 4 heteroatoms. The average Bonchev–Trinajstić information content (AvgIpc) is 2.26. The maximum absolute atomic E-state index is 6.31. The largest absolute Gasteiger partial charge is 0.543 e. The van der Waals surface area contributed by atoms with Gasteiger partial charge in [0.25, 0.3) is 0 Å². The highest BCUT2D eigenvalue weighted by atomic mass is 35.5. The third-order valence-electron chi connectivity index (χ3n) is 3.59. The Bertz CT molecular complexity index is 411. The predicted molar refractivity (Wildman–Crippen MR) is 80.4 cm³/mol. The van der Waals surface area contributed by atoms with Crippen molar-refractivity contribution in [2.45, 2.75) is 44.8 Å². The van der Waals surface area contributed by atoms with Gasteiger partial charge in [0.05, 0.1) is 13.0 Å². The van der Waals surface area contributed by atoms with Crippen LogP contribution in [0.25, 0.3) is 0 Å². The van der Waals surface area contributed by atoms with Crippen molar-refractivity contribution >= 4 is 19.9 Å². The van der Waals surface area contributed by atoms with Crippen LogP contribution in [0.4, 0.5) is 0 Å². The Labute approximate surface area is 116 Å². The van der Waals surface area contributed by atoms with Crippen molar-refractivity contribution in [1.82, 2.24) is 0 Å². The number of ether oxygens (including phenoxy) is 1. The van der Waals surface area contributed by atoms with E-state index in [1.807, 2.05) is 18.2 Å². The number of hydrogen-bond acceptors (Lipinski definition) is 2. The van der Waals surface area contributed by atoms with Gasteiger partial charge in [0.15, 0.2) is 0 Å². The van der Waals surface area contributed by atoms with E-state index in [1.54, 1.807) is 7.11 Å². The molecule has 0 fully saturated rings. The molecule has 0 spiro atoms. The molecule has 102 valence electrons. The standard InChI is InChI=1S/C14H23ClO2Si/c1-14(2,3)18(5,6)17-13-9-12(16-4)8-7-11(13)10-15/h7-9H,10H2,1-6H3. The summed E-state index contributed by atoms with van der Waals surface area (Å²) in [5, 5.41) is 0.166. The Hall–Kier alpha value is -0.673. The van der Waals surface area contributed by atoms with Crippen LogP contribution < -0.4 is 9.16 Å². The lowest BCUT2D eigenvalue weighted by molar-refractivity contribution is 0.410. The summed E-state index contributed by atoms with van der Waals surface area (Å²) in [7, 11) is -0.185. The van der Waals surface area contributed by atoms with Crippen LogP contribution in [-0.2, 0) is 5.88 Å². The van der Waals surface area contributed by atoms with Crippen LogP contribution in [0.5, 0.6) is 11.5 Å². The molecule has 2 nitrogen and oxygen atoms in total. The van der Waals surface area contributed by atoms with Crippen molar-refractivity contribution in [1.29, 1.82) is 0 Å². The highest BCUT2D eigenvalue weighted by molar-refractivity contribution is 6.74.